The smallest absolute Gasteiger partial charge is 0 e. The van der Waals surface area contributed by atoms with Crippen LogP contribution in [0, 0.1) is 5.92 Å². The molecule has 0 bridgehead atoms. The first-order valence-corrected chi connectivity index (χ1v) is 3.17. The monoisotopic (exact) mass is 119 g/mol. The Hall–Kier alpha value is -0.455. The standard InChI is InChI=1S/C8H12.B/c1-7(2)8-5-3-4-6-8;/h3,5-7H,4H2,1-2H3;. The highest BCUT2D eigenvalue weighted by Gasteiger charge is 2.00. The lowest BCUT2D eigenvalue weighted by Crippen LogP contribution is -1.85. The van der Waals surface area contributed by atoms with Gasteiger partial charge in [0.15, 0.2) is 0 Å². The Balaban J connectivity index is 0.000000640. The minimum Gasteiger partial charge on any atom is -0.0805 e. The van der Waals surface area contributed by atoms with E-state index in [1.54, 1.807) is 0 Å². The second kappa shape index (κ2) is 3.55. The fraction of sp³-hybridized carbons (Fsp3) is 0.500. The summed E-state index contributed by atoms with van der Waals surface area (Å²) in [4.78, 5) is 0. The van der Waals surface area contributed by atoms with E-state index in [0.717, 1.165) is 6.42 Å². The third kappa shape index (κ3) is 2.09. The minimum atomic E-state index is 0. The molecule has 0 spiro atoms. The fourth-order valence-electron chi connectivity index (χ4n) is 0.904. The van der Waals surface area contributed by atoms with Gasteiger partial charge in [0.05, 0.1) is 0 Å². The number of rotatable bonds is 1. The number of allylic oxidation sites excluding steroid dienone is 4. The van der Waals surface area contributed by atoms with E-state index in [4.69, 9.17) is 0 Å². The van der Waals surface area contributed by atoms with Crippen molar-refractivity contribution in [2.45, 2.75) is 20.3 Å². The van der Waals surface area contributed by atoms with Gasteiger partial charge in [0.1, 0.15) is 0 Å². The van der Waals surface area contributed by atoms with Crippen molar-refractivity contribution in [1.29, 1.82) is 0 Å². The summed E-state index contributed by atoms with van der Waals surface area (Å²) in [5, 5.41) is 0. The third-order valence-corrected chi connectivity index (χ3v) is 1.47. The Bertz CT molecular complexity index is 132. The SMILES string of the molecule is CC(C)C1=CCC=C1.[B]. The van der Waals surface area contributed by atoms with Gasteiger partial charge >= 0.3 is 0 Å². The van der Waals surface area contributed by atoms with Crippen LogP contribution in [0.15, 0.2) is 23.8 Å². The molecule has 1 heteroatoms. The first-order chi connectivity index (χ1) is 3.80. The maximum Gasteiger partial charge on any atom is 0 e. The van der Waals surface area contributed by atoms with Gasteiger partial charge in [0.25, 0.3) is 0 Å². The van der Waals surface area contributed by atoms with Crippen molar-refractivity contribution in [2.75, 3.05) is 0 Å². The molecule has 0 atom stereocenters. The molecule has 1 rings (SSSR count). The normalized spacial score (nSPS) is 15.7. The zero-order chi connectivity index (χ0) is 5.98. The molecule has 0 saturated heterocycles. The summed E-state index contributed by atoms with van der Waals surface area (Å²) in [7, 11) is 0. The first-order valence-electron chi connectivity index (χ1n) is 3.17. The average molecular weight is 119 g/mol. The van der Waals surface area contributed by atoms with Crippen LogP contribution in [0.4, 0.5) is 0 Å². The van der Waals surface area contributed by atoms with Gasteiger partial charge in [-0.3, -0.25) is 0 Å². The Morgan fingerprint density at radius 2 is 2.11 bits per heavy atom. The van der Waals surface area contributed by atoms with E-state index in [-0.39, 0.29) is 8.41 Å². The van der Waals surface area contributed by atoms with Crippen LogP contribution in [0.5, 0.6) is 0 Å². The molecule has 0 fully saturated rings. The summed E-state index contributed by atoms with van der Waals surface area (Å²) < 4.78 is 0. The summed E-state index contributed by atoms with van der Waals surface area (Å²) in [5.74, 6) is 0.716. The Morgan fingerprint density at radius 3 is 2.33 bits per heavy atom. The van der Waals surface area contributed by atoms with Gasteiger partial charge in [-0.25, -0.2) is 0 Å². The van der Waals surface area contributed by atoms with Crippen LogP contribution in [0.2, 0.25) is 0 Å². The number of hydrogen-bond donors (Lipinski definition) is 0. The van der Waals surface area contributed by atoms with Gasteiger partial charge in [-0.05, 0) is 17.9 Å². The molecule has 1 aliphatic carbocycles. The van der Waals surface area contributed by atoms with E-state index in [1.165, 1.54) is 5.57 Å². The maximum absolute atomic E-state index is 2.28. The fourth-order valence-corrected chi connectivity index (χ4v) is 0.904. The molecule has 0 aromatic rings. The Morgan fingerprint density at radius 1 is 1.44 bits per heavy atom. The quantitative estimate of drug-likeness (QED) is 0.464. The molecule has 3 radical (unpaired) electrons. The zero-order valence-corrected chi connectivity index (χ0v) is 6.09. The van der Waals surface area contributed by atoms with Crippen molar-refractivity contribution >= 4 is 8.41 Å². The van der Waals surface area contributed by atoms with E-state index in [9.17, 15) is 0 Å². The van der Waals surface area contributed by atoms with Gasteiger partial charge in [0, 0.05) is 8.41 Å². The second-order valence-electron chi connectivity index (χ2n) is 2.50. The van der Waals surface area contributed by atoms with Crippen LogP contribution in [0.25, 0.3) is 0 Å². The van der Waals surface area contributed by atoms with Crippen LogP contribution in [-0.4, -0.2) is 8.41 Å². The van der Waals surface area contributed by atoms with Crippen molar-refractivity contribution in [3.05, 3.63) is 23.8 Å². The molecule has 47 valence electrons. The topological polar surface area (TPSA) is 0 Å². The molecule has 0 saturated carbocycles. The van der Waals surface area contributed by atoms with Crippen LogP contribution in [0.3, 0.4) is 0 Å². The zero-order valence-electron chi connectivity index (χ0n) is 6.09. The Labute approximate surface area is 59.2 Å². The predicted octanol–water partition coefficient (Wildman–Crippen LogP) is 2.15. The highest BCUT2D eigenvalue weighted by molar-refractivity contribution is 5.75. The van der Waals surface area contributed by atoms with Gasteiger partial charge in [-0.2, -0.15) is 0 Å². The third-order valence-electron chi connectivity index (χ3n) is 1.47. The molecule has 0 aromatic carbocycles. The molecule has 0 heterocycles. The van der Waals surface area contributed by atoms with Crippen LogP contribution >= 0.6 is 0 Å². The van der Waals surface area contributed by atoms with Crippen LogP contribution in [-0.2, 0) is 0 Å². The lowest BCUT2D eigenvalue weighted by atomic mass is 10.1. The molecular formula is C8H12B. The second-order valence-corrected chi connectivity index (χ2v) is 2.50. The maximum atomic E-state index is 2.28. The summed E-state index contributed by atoms with van der Waals surface area (Å²) in [6, 6.07) is 0. The van der Waals surface area contributed by atoms with Crippen molar-refractivity contribution in [3.63, 3.8) is 0 Å². The van der Waals surface area contributed by atoms with E-state index in [0.29, 0.717) is 5.92 Å². The van der Waals surface area contributed by atoms with Crippen molar-refractivity contribution in [2.24, 2.45) is 5.92 Å². The predicted molar refractivity (Wildman–Crippen MR) is 42.4 cm³/mol. The summed E-state index contributed by atoms with van der Waals surface area (Å²) in [6.45, 7) is 4.45. The molecule has 0 nitrogen and oxygen atoms in total. The summed E-state index contributed by atoms with van der Waals surface area (Å²) in [6.07, 6.45) is 7.85. The molecule has 0 aliphatic heterocycles. The summed E-state index contributed by atoms with van der Waals surface area (Å²) >= 11 is 0. The van der Waals surface area contributed by atoms with Gasteiger partial charge in [0.2, 0.25) is 0 Å². The molecule has 0 unspecified atom stereocenters. The lowest BCUT2D eigenvalue weighted by molar-refractivity contribution is 0.793. The van der Waals surface area contributed by atoms with E-state index in [2.05, 4.69) is 32.1 Å². The van der Waals surface area contributed by atoms with E-state index < -0.39 is 0 Å². The van der Waals surface area contributed by atoms with Gasteiger partial charge < -0.3 is 0 Å². The number of hydrogen-bond acceptors (Lipinski definition) is 0. The van der Waals surface area contributed by atoms with Gasteiger partial charge in [-0.15, -0.1) is 0 Å². The summed E-state index contributed by atoms with van der Waals surface area (Å²) in [5.41, 5.74) is 1.49. The van der Waals surface area contributed by atoms with Crippen molar-refractivity contribution in [1.82, 2.24) is 0 Å². The van der Waals surface area contributed by atoms with Crippen molar-refractivity contribution in [3.8, 4) is 0 Å². The van der Waals surface area contributed by atoms with Crippen LogP contribution < -0.4 is 0 Å². The molecule has 1 aliphatic rings. The lowest BCUT2D eigenvalue weighted by Gasteiger charge is -1.99. The molecule has 0 aromatic heterocycles. The van der Waals surface area contributed by atoms with Gasteiger partial charge in [-0.1, -0.05) is 32.1 Å². The van der Waals surface area contributed by atoms with Crippen LogP contribution in [0.1, 0.15) is 20.3 Å². The van der Waals surface area contributed by atoms with E-state index in [1.807, 2.05) is 0 Å². The molecule has 9 heavy (non-hydrogen) atoms. The molecule has 0 N–H and O–H groups in total. The van der Waals surface area contributed by atoms with E-state index >= 15 is 0 Å². The molecule has 0 amide bonds. The molecular weight excluding hydrogens is 107 g/mol. The average Bonchev–Trinajstić information content (AvgIpc) is 2.12. The van der Waals surface area contributed by atoms with Crippen molar-refractivity contribution < 1.29 is 0 Å². The minimum absolute atomic E-state index is 0. The first kappa shape index (κ1) is 8.54. The Kier molecular flexibility index (Phi) is 3.37. The largest absolute Gasteiger partial charge is 0.0805 e. The highest BCUT2D eigenvalue weighted by atomic mass is 14.1. The highest BCUT2D eigenvalue weighted by Crippen LogP contribution is 2.16.